The fraction of sp³-hybridized carbons (Fsp3) is 0.650. The molecule has 1 aromatic carbocycles. The van der Waals surface area contributed by atoms with Crippen LogP contribution in [-0.4, -0.2) is 45.5 Å². The van der Waals surface area contributed by atoms with Crippen LogP contribution >= 0.6 is 47.8 Å². The molecule has 1 amide bonds. The lowest BCUT2D eigenvalue weighted by molar-refractivity contribution is -0.173. The van der Waals surface area contributed by atoms with Gasteiger partial charge < -0.3 is 9.80 Å². The smallest absolute Gasteiger partial charge is 0.230 e. The van der Waals surface area contributed by atoms with Crippen LogP contribution in [0.1, 0.15) is 26.7 Å². The van der Waals surface area contributed by atoms with Crippen molar-refractivity contribution in [3.63, 3.8) is 0 Å². The summed E-state index contributed by atoms with van der Waals surface area (Å²) < 4.78 is 13.3. The Bertz CT molecular complexity index is 748. The number of carbonyl (C=O) groups is 1. The van der Waals surface area contributed by atoms with E-state index in [9.17, 15) is 9.18 Å². The van der Waals surface area contributed by atoms with E-state index in [0.717, 1.165) is 31.6 Å². The quantitative estimate of drug-likeness (QED) is 0.472. The van der Waals surface area contributed by atoms with Gasteiger partial charge in [-0.3, -0.25) is 4.79 Å². The van der Waals surface area contributed by atoms with Crippen molar-refractivity contribution in [3.05, 3.63) is 30.1 Å². The number of rotatable bonds is 3. The van der Waals surface area contributed by atoms with E-state index in [1.54, 1.807) is 0 Å². The summed E-state index contributed by atoms with van der Waals surface area (Å²) in [5.41, 5.74) is 0.672. The average molecular weight is 567 g/mol. The number of nitrogens with zero attached hydrogens (tertiary/aromatic N) is 2. The molecule has 148 valence electrons. The molecule has 4 fully saturated rings. The van der Waals surface area contributed by atoms with E-state index in [1.807, 2.05) is 17.0 Å². The van der Waals surface area contributed by atoms with Gasteiger partial charge in [0.15, 0.2) is 0 Å². The number of fused-ring (bicyclic) bond motifs is 1. The second kappa shape index (κ2) is 6.69. The summed E-state index contributed by atoms with van der Waals surface area (Å²) in [4.78, 5) is 18.1. The summed E-state index contributed by atoms with van der Waals surface area (Å²) >= 11 is 11.4. The molecule has 0 N–H and O–H groups in total. The molecule has 3 aliphatic carbocycles. The minimum absolute atomic E-state index is 0.0542. The zero-order chi connectivity index (χ0) is 19.6. The van der Waals surface area contributed by atoms with Crippen LogP contribution in [-0.2, 0) is 4.79 Å². The molecule has 4 aliphatic rings. The maximum Gasteiger partial charge on any atom is 0.230 e. The highest BCUT2D eigenvalue weighted by Crippen LogP contribution is 2.82. The largest absolute Gasteiger partial charge is 0.368 e. The van der Waals surface area contributed by atoms with Crippen molar-refractivity contribution in [3.8, 4) is 0 Å². The Kier molecular flexibility index (Phi) is 5.00. The van der Waals surface area contributed by atoms with E-state index < -0.39 is 0 Å². The average Bonchev–Trinajstić information content (AvgIpc) is 3.12. The molecule has 27 heavy (non-hydrogen) atoms. The first-order valence-electron chi connectivity index (χ1n) is 9.40. The Hall–Kier alpha value is -0.140. The highest BCUT2D eigenvalue weighted by molar-refractivity contribution is 9.24. The second-order valence-electron chi connectivity index (χ2n) is 8.56. The van der Waals surface area contributed by atoms with Crippen LogP contribution in [0.3, 0.4) is 0 Å². The number of piperazine rings is 1. The van der Waals surface area contributed by atoms with E-state index >= 15 is 0 Å². The molecule has 3 saturated carbocycles. The number of hydrogen-bond donors (Lipinski definition) is 0. The summed E-state index contributed by atoms with van der Waals surface area (Å²) in [5.74, 6) is 0.0748. The van der Waals surface area contributed by atoms with E-state index in [4.69, 9.17) is 0 Å². The van der Waals surface area contributed by atoms with Crippen LogP contribution in [0, 0.1) is 22.1 Å². The van der Waals surface area contributed by atoms with Crippen molar-refractivity contribution in [1.82, 2.24) is 4.90 Å². The molecule has 1 aliphatic heterocycles. The standard InChI is InChI=1S/C20H24Br3FN2O/c1-18(2)19(16(22)23)7-8-20(18,15(19)21)17(27)26-11-9-25(10-12-26)14-5-3-13(24)4-6-14/h3-6,15-16H,7-12H2,1-2H3. The van der Waals surface area contributed by atoms with Crippen molar-refractivity contribution in [2.45, 2.75) is 35.3 Å². The third-order valence-electron chi connectivity index (χ3n) is 7.63. The van der Waals surface area contributed by atoms with Crippen LogP contribution in [0.4, 0.5) is 10.1 Å². The predicted molar refractivity (Wildman–Crippen MR) is 117 cm³/mol. The van der Waals surface area contributed by atoms with Gasteiger partial charge in [-0.25, -0.2) is 4.39 Å². The number of hydrogen-bond acceptors (Lipinski definition) is 2. The monoisotopic (exact) mass is 564 g/mol. The highest BCUT2D eigenvalue weighted by Gasteiger charge is 2.83. The van der Waals surface area contributed by atoms with Crippen molar-refractivity contribution in [1.29, 1.82) is 0 Å². The molecule has 0 aromatic heterocycles. The number of halogens is 4. The zero-order valence-electron chi connectivity index (χ0n) is 15.5. The van der Waals surface area contributed by atoms with Gasteiger partial charge in [-0.1, -0.05) is 61.6 Å². The SMILES string of the molecule is CC1(C)C2(C(=O)N3CCN(c4ccc(F)cc4)CC3)CCC1(C(Br)Br)C2Br. The molecule has 3 nitrogen and oxygen atoms in total. The van der Waals surface area contributed by atoms with Crippen LogP contribution in [0.15, 0.2) is 24.3 Å². The van der Waals surface area contributed by atoms with Gasteiger partial charge in [0.1, 0.15) is 5.82 Å². The minimum Gasteiger partial charge on any atom is -0.368 e. The first kappa shape index (κ1) is 20.1. The summed E-state index contributed by atoms with van der Waals surface area (Å²) in [6.45, 7) is 7.50. The first-order valence-corrected chi connectivity index (χ1v) is 12.2. The molecule has 5 rings (SSSR count). The van der Waals surface area contributed by atoms with Gasteiger partial charge >= 0.3 is 0 Å². The number of alkyl halides is 3. The van der Waals surface area contributed by atoms with Gasteiger partial charge in [-0.2, -0.15) is 0 Å². The molecular formula is C20H24Br3FN2O. The summed E-state index contributed by atoms with van der Waals surface area (Å²) in [7, 11) is 0. The van der Waals surface area contributed by atoms with Gasteiger partial charge in [0.25, 0.3) is 0 Å². The molecule has 1 saturated heterocycles. The Balaban J connectivity index is 1.48. The summed E-state index contributed by atoms with van der Waals surface area (Å²) in [5, 5.41) is 0. The fourth-order valence-electron chi connectivity index (χ4n) is 5.77. The molecule has 0 spiro atoms. The number of amides is 1. The van der Waals surface area contributed by atoms with Crippen molar-refractivity contribution < 1.29 is 9.18 Å². The molecule has 0 radical (unpaired) electrons. The van der Waals surface area contributed by atoms with Crippen LogP contribution in [0.25, 0.3) is 0 Å². The highest BCUT2D eigenvalue weighted by atomic mass is 79.9. The van der Waals surface area contributed by atoms with Gasteiger partial charge in [0, 0.05) is 42.1 Å². The maximum atomic E-state index is 13.6. The predicted octanol–water partition coefficient (Wildman–Crippen LogP) is 5.16. The van der Waals surface area contributed by atoms with Gasteiger partial charge in [0.2, 0.25) is 5.91 Å². The second-order valence-corrected chi connectivity index (χ2v) is 12.5. The zero-order valence-corrected chi connectivity index (χ0v) is 20.3. The van der Waals surface area contributed by atoms with E-state index in [0.29, 0.717) is 19.0 Å². The van der Waals surface area contributed by atoms with Crippen LogP contribution < -0.4 is 4.90 Å². The van der Waals surface area contributed by atoms with Crippen molar-refractivity contribution in [2.75, 3.05) is 31.1 Å². The Morgan fingerprint density at radius 2 is 1.70 bits per heavy atom. The van der Waals surface area contributed by atoms with Gasteiger partial charge in [-0.15, -0.1) is 0 Å². The third-order valence-corrected chi connectivity index (χ3v) is 10.9. The van der Waals surface area contributed by atoms with E-state index in [2.05, 4.69) is 66.5 Å². The lowest BCUT2D eigenvalue weighted by Gasteiger charge is -2.67. The van der Waals surface area contributed by atoms with Crippen molar-refractivity contribution >= 4 is 59.4 Å². The van der Waals surface area contributed by atoms with Crippen LogP contribution in [0.2, 0.25) is 0 Å². The topological polar surface area (TPSA) is 23.6 Å². The molecule has 1 aromatic rings. The van der Waals surface area contributed by atoms with E-state index in [1.165, 1.54) is 12.1 Å². The Morgan fingerprint density at radius 1 is 1.11 bits per heavy atom. The normalized spacial score (nSPS) is 34.7. The molecule has 3 atom stereocenters. The molecule has 3 unspecified atom stereocenters. The number of anilines is 1. The first-order chi connectivity index (χ1) is 12.7. The van der Waals surface area contributed by atoms with Crippen LogP contribution in [0.5, 0.6) is 0 Å². The van der Waals surface area contributed by atoms with E-state index in [-0.39, 0.29) is 30.6 Å². The summed E-state index contributed by atoms with van der Waals surface area (Å²) in [6, 6.07) is 6.61. The maximum absolute atomic E-state index is 13.6. The Labute approximate surface area is 185 Å². The number of carbonyl (C=O) groups excluding carboxylic acids is 1. The lowest BCUT2D eigenvalue weighted by atomic mass is 9.43. The number of benzene rings is 1. The Morgan fingerprint density at radius 3 is 2.19 bits per heavy atom. The van der Waals surface area contributed by atoms with Gasteiger partial charge in [0.05, 0.1) is 9.15 Å². The minimum atomic E-state index is -0.329. The van der Waals surface area contributed by atoms with Crippen molar-refractivity contribution in [2.24, 2.45) is 16.2 Å². The molecule has 2 bridgehead atoms. The molecular weight excluding hydrogens is 543 g/mol. The lowest BCUT2D eigenvalue weighted by Crippen LogP contribution is -2.73. The summed E-state index contributed by atoms with van der Waals surface area (Å²) in [6.07, 6.45) is 1.97. The fourth-order valence-corrected chi connectivity index (χ4v) is 10.7. The molecule has 7 heteroatoms. The molecule has 1 heterocycles. The third kappa shape index (κ3) is 2.49. The van der Waals surface area contributed by atoms with Gasteiger partial charge in [-0.05, 0) is 42.5 Å².